The van der Waals surface area contributed by atoms with Gasteiger partial charge in [0.25, 0.3) is 5.91 Å². The van der Waals surface area contributed by atoms with Crippen molar-refractivity contribution in [1.29, 1.82) is 0 Å². The maximum atomic E-state index is 12.6. The topological polar surface area (TPSA) is 56.7 Å². The van der Waals surface area contributed by atoms with Crippen molar-refractivity contribution in [3.8, 4) is 0 Å². The first kappa shape index (κ1) is 16.2. The average Bonchev–Trinajstić information content (AvgIpc) is 2.67. The SMILES string of the molecule is O=C(c1ccncc1)N1CC[C@H](N2CCc3ccccc3C2)[C@@H](O)C1. The molecule has 1 aromatic carbocycles. The Bertz CT molecular complexity index is 750. The molecule has 130 valence electrons. The minimum atomic E-state index is -0.509. The van der Waals surface area contributed by atoms with Crippen molar-refractivity contribution in [1.82, 2.24) is 14.8 Å². The highest BCUT2D eigenvalue weighted by atomic mass is 16.3. The van der Waals surface area contributed by atoms with Gasteiger partial charge in [0.1, 0.15) is 0 Å². The van der Waals surface area contributed by atoms with Gasteiger partial charge in [-0.2, -0.15) is 0 Å². The highest BCUT2D eigenvalue weighted by molar-refractivity contribution is 5.94. The minimum Gasteiger partial charge on any atom is -0.390 e. The number of β-amino-alcohol motifs (C(OH)–C–C–N with tert-alkyl or cyclic N) is 1. The number of hydrogen-bond donors (Lipinski definition) is 1. The van der Waals surface area contributed by atoms with Gasteiger partial charge in [-0.05, 0) is 36.1 Å². The van der Waals surface area contributed by atoms with Crippen molar-refractivity contribution in [3.63, 3.8) is 0 Å². The summed E-state index contributed by atoms with van der Waals surface area (Å²) >= 11 is 0. The number of hydrogen-bond acceptors (Lipinski definition) is 4. The van der Waals surface area contributed by atoms with E-state index in [-0.39, 0.29) is 11.9 Å². The maximum absolute atomic E-state index is 12.6. The van der Waals surface area contributed by atoms with Crippen molar-refractivity contribution in [2.75, 3.05) is 19.6 Å². The van der Waals surface area contributed by atoms with Gasteiger partial charge in [0.15, 0.2) is 0 Å². The average molecular weight is 337 g/mol. The summed E-state index contributed by atoms with van der Waals surface area (Å²) in [5.41, 5.74) is 3.40. The van der Waals surface area contributed by atoms with Gasteiger partial charge < -0.3 is 10.0 Å². The Morgan fingerprint density at radius 1 is 1.08 bits per heavy atom. The van der Waals surface area contributed by atoms with Gasteiger partial charge in [-0.15, -0.1) is 0 Å². The highest BCUT2D eigenvalue weighted by Gasteiger charge is 2.35. The van der Waals surface area contributed by atoms with E-state index < -0.39 is 6.10 Å². The van der Waals surface area contributed by atoms with E-state index in [1.54, 1.807) is 29.4 Å². The third-order valence-corrected chi connectivity index (χ3v) is 5.39. The molecule has 5 heteroatoms. The zero-order valence-corrected chi connectivity index (χ0v) is 14.2. The summed E-state index contributed by atoms with van der Waals surface area (Å²) in [6.45, 7) is 2.93. The predicted molar refractivity (Wildman–Crippen MR) is 95.1 cm³/mol. The van der Waals surface area contributed by atoms with Crippen LogP contribution in [-0.4, -0.2) is 57.6 Å². The van der Waals surface area contributed by atoms with E-state index >= 15 is 0 Å². The molecule has 4 rings (SSSR count). The van der Waals surface area contributed by atoms with E-state index in [0.29, 0.717) is 18.7 Å². The Morgan fingerprint density at radius 2 is 1.84 bits per heavy atom. The Labute approximate surface area is 147 Å². The molecule has 1 fully saturated rings. The number of rotatable bonds is 2. The monoisotopic (exact) mass is 337 g/mol. The number of aromatic nitrogens is 1. The second-order valence-corrected chi connectivity index (χ2v) is 6.90. The van der Waals surface area contributed by atoms with E-state index in [9.17, 15) is 9.90 Å². The van der Waals surface area contributed by atoms with Crippen LogP contribution < -0.4 is 0 Å². The normalized spacial score (nSPS) is 24.0. The minimum absolute atomic E-state index is 0.0242. The Balaban J connectivity index is 1.42. The summed E-state index contributed by atoms with van der Waals surface area (Å²) in [7, 11) is 0. The highest BCUT2D eigenvalue weighted by Crippen LogP contribution is 2.25. The maximum Gasteiger partial charge on any atom is 0.254 e. The lowest BCUT2D eigenvalue weighted by Crippen LogP contribution is -2.56. The lowest BCUT2D eigenvalue weighted by Gasteiger charge is -2.43. The van der Waals surface area contributed by atoms with Crippen LogP contribution in [0.25, 0.3) is 0 Å². The molecule has 0 bridgehead atoms. The first-order valence-electron chi connectivity index (χ1n) is 8.90. The van der Waals surface area contributed by atoms with Crippen molar-refractivity contribution in [3.05, 3.63) is 65.5 Å². The lowest BCUT2D eigenvalue weighted by molar-refractivity contribution is -0.0137. The number of aliphatic hydroxyl groups is 1. The molecule has 5 nitrogen and oxygen atoms in total. The van der Waals surface area contributed by atoms with Crippen molar-refractivity contribution >= 4 is 5.91 Å². The fourth-order valence-corrected chi connectivity index (χ4v) is 4.01. The molecule has 1 aromatic heterocycles. The van der Waals surface area contributed by atoms with Gasteiger partial charge in [0, 0.05) is 50.2 Å². The third kappa shape index (κ3) is 3.30. The van der Waals surface area contributed by atoms with Crippen LogP contribution >= 0.6 is 0 Å². The fourth-order valence-electron chi connectivity index (χ4n) is 4.01. The van der Waals surface area contributed by atoms with Crippen LogP contribution in [0.5, 0.6) is 0 Å². The molecule has 2 atom stereocenters. The Morgan fingerprint density at radius 3 is 2.60 bits per heavy atom. The van der Waals surface area contributed by atoms with Gasteiger partial charge in [0.2, 0.25) is 0 Å². The van der Waals surface area contributed by atoms with Crippen LogP contribution in [0, 0.1) is 0 Å². The van der Waals surface area contributed by atoms with Crippen molar-refractivity contribution in [2.45, 2.75) is 31.5 Å². The summed E-state index contributed by atoms with van der Waals surface area (Å²) in [5, 5.41) is 10.7. The molecule has 0 spiro atoms. The molecule has 2 aromatic rings. The first-order valence-corrected chi connectivity index (χ1v) is 8.90. The Hall–Kier alpha value is -2.24. The number of fused-ring (bicyclic) bond motifs is 1. The standard InChI is InChI=1S/C20H23N3O2/c24-19-14-23(20(25)16-5-9-21-10-6-16)12-8-18(19)22-11-7-15-3-1-2-4-17(15)13-22/h1-6,9-10,18-19,24H,7-8,11-14H2/t18-,19-/m0/s1. The molecule has 1 saturated heterocycles. The Kier molecular flexibility index (Phi) is 4.51. The number of piperidine rings is 1. The van der Waals surface area contributed by atoms with Crippen LogP contribution in [-0.2, 0) is 13.0 Å². The van der Waals surface area contributed by atoms with Crippen LogP contribution in [0.1, 0.15) is 27.9 Å². The molecule has 0 aliphatic carbocycles. The van der Waals surface area contributed by atoms with E-state index in [1.165, 1.54) is 11.1 Å². The number of aliphatic hydroxyl groups excluding tert-OH is 1. The number of likely N-dealkylation sites (tertiary alicyclic amines) is 1. The number of carbonyl (C=O) groups excluding carboxylic acids is 1. The number of pyridine rings is 1. The van der Waals surface area contributed by atoms with Gasteiger partial charge >= 0.3 is 0 Å². The molecule has 2 aliphatic rings. The van der Waals surface area contributed by atoms with Crippen LogP contribution in [0.15, 0.2) is 48.8 Å². The van der Waals surface area contributed by atoms with Gasteiger partial charge in [-0.1, -0.05) is 24.3 Å². The number of carbonyl (C=O) groups is 1. The third-order valence-electron chi connectivity index (χ3n) is 5.39. The molecule has 1 amide bonds. The number of amides is 1. The van der Waals surface area contributed by atoms with Crippen LogP contribution in [0.4, 0.5) is 0 Å². The number of nitrogens with zero attached hydrogens (tertiary/aromatic N) is 3. The molecule has 0 radical (unpaired) electrons. The largest absolute Gasteiger partial charge is 0.390 e. The second-order valence-electron chi connectivity index (χ2n) is 6.90. The fraction of sp³-hybridized carbons (Fsp3) is 0.400. The number of benzene rings is 1. The second kappa shape index (κ2) is 6.94. The molecule has 25 heavy (non-hydrogen) atoms. The molecule has 0 saturated carbocycles. The zero-order valence-electron chi connectivity index (χ0n) is 14.2. The quantitative estimate of drug-likeness (QED) is 0.906. The summed E-state index contributed by atoms with van der Waals surface area (Å²) in [6.07, 6.45) is 4.58. The molecule has 1 N–H and O–H groups in total. The van der Waals surface area contributed by atoms with Gasteiger partial charge in [0.05, 0.1) is 6.10 Å². The van der Waals surface area contributed by atoms with Gasteiger partial charge in [-0.3, -0.25) is 14.7 Å². The lowest BCUT2D eigenvalue weighted by atomic mass is 9.94. The predicted octanol–water partition coefficient (Wildman–Crippen LogP) is 1.72. The molecule has 3 heterocycles. The summed E-state index contributed by atoms with van der Waals surface area (Å²) < 4.78 is 0. The van der Waals surface area contributed by atoms with E-state index in [2.05, 4.69) is 34.1 Å². The summed E-state index contributed by atoms with van der Waals surface area (Å²) in [6, 6.07) is 12.1. The van der Waals surface area contributed by atoms with E-state index in [0.717, 1.165) is 25.9 Å². The molecule has 0 unspecified atom stereocenters. The first-order chi connectivity index (χ1) is 12.2. The summed E-state index contributed by atoms with van der Waals surface area (Å²) in [4.78, 5) is 20.7. The van der Waals surface area contributed by atoms with E-state index in [4.69, 9.17) is 0 Å². The molecule has 2 aliphatic heterocycles. The van der Waals surface area contributed by atoms with Gasteiger partial charge in [-0.25, -0.2) is 0 Å². The smallest absolute Gasteiger partial charge is 0.254 e. The summed E-state index contributed by atoms with van der Waals surface area (Å²) in [5.74, 6) is -0.0242. The van der Waals surface area contributed by atoms with Crippen LogP contribution in [0.3, 0.4) is 0 Å². The van der Waals surface area contributed by atoms with Crippen molar-refractivity contribution < 1.29 is 9.90 Å². The zero-order chi connectivity index (χ0) is 17.2. The molecular formula is C20H23N3O2. The van der Waals surface area contributed by atoms with Crippen molar-refractivity contribution in [2.24, 2.45) is 0 Å². The molecular weight excluding hydrogens is 314 g/mol. The van der Waals surface area contributed by atoms with Crippen LogP contribution in [0.2, 0.25) is 0 Å². The van der Waals surface area contributed by atoms with E-state index in [1.807, 2.05) is 0 Å².